The number of carbonyl (C=O) groups excluding carboxylic acids is 3. The van der Waals surface area contributed by atoms with Crippen molar-refractivity contribution in [2.24, 2.45) is 0 Å². The molecular formula is C24H24FN3O3. The number of aromatic nitrogens is 1. The number of rotatable bonds is 6. The molecular weight excluding hydrogens is 397 g/mol. The molecule has 2 aromatic carbocycles. The standard InChI is InChI=1S/C24H24FN3O3/c25-18-10-8-17(9-11-18)14-26-24(31)23(30)20-15-28(21-7-3-2-6-19(20)21)16-22(29)27-12-4-1-5-13-27/h2-3,6-11,15H,1,4-5,12-14,16H2,(H,26,31). The summed E-state index contributed by atoms with van der Waals surface area (Å²) in [6, 6.07) is 13.0. The van der Waals surface area contributed by atoms with Crippen LogP contribution in [0.15, 0.2) is 54.7 Å². The molecule has 0 bridgehead atoms. The molecule has 0 atom stereocenters. The fourth-order valence-electron chi connectivity index (χ4n) is 3.93. The lowest BCUT2D eigenvalue weighted by Gasteiger charge is -2.27. The van der Waals surface area contributed by atoms with Gasteiger partial charge in [-0.05, 0) is 43.0 Å². The molecule has 3 aromatic rings. The van der Waals surface area contributed by atoms with Gasteiger partial charge in [-0.25, -0.2) is 4.39 Å². The second kappa shape index (κ2) is 9.12. The van der Waals surface area contributed by atoms with Crippen LogP contribution in [0.2, 0.25) is 0 Å². The Morgan fingerprint density at radius 2 is 1.65 bits per heavy atom. The van der Waals surface area contributed by atoms with Crippen molar-refractivity contribution < 1.29 is 18.8 Å². The summed E-state index contributed by atoms with van der Waals surface area (Å²) >= 11 is 0. The average Bonchev–Trinajstić information content (AvgIpc) is 3.17. The molecule has 1 aromatic heterocycles. The number of nitrogens with one attached hydrogen (secondary N) is 1. The fourth-order valence-corrected chi connectivity index (χ4v) is 3.93. The summed E-state index contributed by atoms with van der Waals surface area (Å²) < 4.78 is 14.8. The maximum atomic E-state index is 13.0. The molecule has 6 nitrogen and oxygen atoms in total. The number of hydrogen-bond acceptors (Lipinski definition) is 3. The van der Waals surface area contributed by atoms with Crippen LogP contribution >= 0.6 is 0 Å². The highest BCUT2D eigenvalue weighted by Crippen LogP contribution is 2.22. The van der Waals surface area contributed by atoms with Crippen molar-refractivity contribution in [2.45, 2.75) is 32.4 Å². The minimum absolute atomic E-state index is 0.0141. The van der Waals surface area contributed by atoms with E-state index < -0.39 is 11.7 Å². The molecule has 160 valence electrons. The molecule has 4 rings (SSSR count). The first-order valence-electron chi connectivity index (χ1n) is 10.5. The van der Waals surface area contributed by atoms with Gasteiger partial charge >= 0.3 is 0 Å². The van der Waals surface area contributed by atoms with Crippen molar-refractivity contribution in [3.63, 3.8) is 0 Å². The van der Waals surface area contributed by atoms with E-state index in [9.17, 15) is 18.8 Å². The summed E-state index contributed by atoms with van der Waals surface area (Å²) in [7, 11) is 0. The normalized spacial score (nSPS) is 13.9. The van der Waals surface area contributed by atoms with Gasteiger partial charge in [-0.15, -0.1) is 0 Å². The summed E-state index contributed by atoms with van der Waals surface area (Å²) in [4.78, 5) is 39.9. The van der Waals surface area contributed by atoms with E-state index in [1.54, 1.807) is 35.0 Å². The van der Waals surface area contributed by atoms with Crippen LogP contribution in [-0.2, 0) is 22.7 Å². The molecule has 1 N–H and O–H groups in total. The SMILES string of the molecule is O=C(NCc1ccc(F)cc1)C(=O)c1cn(CC(=O)N2CCCCC2)c2ccccc12. The number of hydrogen-bond donors (Lipinski definition) is 1. The molecule has 0 unspecified atom stereocenters. The third-order valence-corrected chi connectivity index (χ3v) is 5.62. The molecule has 1 fully saturated rings. The van der Waals surface area contributed by atoms with Crippen molar-refractivity contribution in [2.75, 3.05) is 13.1 Å². The number of Topliss-reactive ketones (excluding diaryl/α,β-unsaturated/α-hetero) is 1. The van der Waals surface area contributed by atoms with E-state index in [4.69, 9.17) is 0 Å². The molecule has 0 aliphatic carbocycles. The molecule has 7 heteroatoms. The predicted molar refractivity (Wildman–Crippen MR) is 115 cm³/mol. The van der Waals surface area contributed by atoms with Gasteiger partial charge in [-0.2, -0.15) is 0 Å². The Hall–Kier alpha value is -3.48. The smallest absolute Gasteiger partial charge is 0.292 e. The summed E-state index contributed by atoms with van der Waals surface area (Å²) in [6.45, 7) is 1.77. The van der Waals surface area contributed by atoms with Crippen LogP contribution in [0.25, 0.3) is 10.9 Å². The van der Waals surface area contributed by atoms with Crippen LogP contribution in [0.1, 0.15) is 35.2 Å². The second-order valence-electron chi connectivity index (χ2n) is 7.77. The Labute approximate surface area is 179 Å². The zero-order chi connectivity index (χ0) is 21.8. The maximum Gasteiger partial charge on any atom is 0.292 e. The summed E-state index contributed by atoms with van der Waals surface area (Å²) in [5, 5.41) is 3.22. The minimum atomic E-state index is -0.741. The number of fused-ring (bicyclic) bond motifs is 1. The molecule has 2 amide bonds. The number of para-hydroxylation sites is 1. The van der Waals surface area contributed by atoms with E-state index in [1.807, 2.05) is 17.0 Å². The number of piperidine rings is 1. The second-order valence-corrected chi connectivity index (χ2v) is 7.77. The average molecular weight is 421 g/mol. The van der Waals surface area contributed by atoms with E-state index in [2.05, 4.69) is 5.32 Å². The van der Waals surface area contributed by atoms with Crippen molar-refractivity contribution in [1.82, 2.24) is 14.8 Å². The lowest BCUT2D eigenvalue weighted by molar-refractivity contribution is -0.132. The monoisotopic (exact) mass is 421 g/mol. The van der Waals surface area contributed by atoms with Gasteiger partial charge in [0.1, 0.15) is 12.4 Å². The van der Waals surface area contributed by atoms with Gasteiger partial charge in [-0.1, -0.05) is 30.3 Å². The van der Waals surface area contributed by atoms with Crippen LogP contribution in [0.4, 0.5) is 4.39 Å². The Balaban J connectivity index is 1.51. The lowest BCUT2D eigenvalue weighted by atomic mass is 10.1. The van der Waals surface area contributed by atoms with E-state index in [1.165, 1.54) is 12.1 Å². The van der Waals surface area contributed by atoms with Crippen LogP contribution < -0.4 is 5.32 Å². The number of benzene rings is 2. The zero-order valence-corrected chi connectivity index (χ0v) is 17.1. The topological polar surface area (TPSA) is 71.4 Å². The highest BCUT2D eigenvalue weighted by Gasteiger charge is 2.23. The Bertz CT molecular complexity index is 1110. The molecule has 1 aliphatic heterocycles. The number of likely N-dealkylation sites (tertiary alicyclic amines) is 1. The van der Waals surface area contributed by atoms with E-state index in [0.29, 0.717) is 10.9 Å². The van der Waals surface area contributed by atoms with Crippen LogP contribution in [0, 0.1) is 5.82 Å². The maximum absolute atomic E-state index is 13.0. The highest BCUT2D eigenvalue weighted by atomic mass is 19.1. The zero-order valence-electron chi connectivity index (χ0n) is 17.1. The first-order valence-corrected chi connectivity index (χ1v) is 10.5. The van der Waals surface area contributed by atoms with E-state index in [-0.39, 0.29) is 30.4 Å². The number of nitrogens with zero attached hydrogens (tertiary/aromatic N) is 2. The Morgan fingerprint density at radius 1 is 0.935 bits per heavy atom. The minimum Gasteiger partial charge on any atom is -0.345 e. The third kappa shape index (κ3) is 4.66. The first-order chi connectivity index (χ1) is 15.0. The molecule has 2 heterocycles. The number of ketones is 1. The number of carbonyl (C=O) groups is 3. The van der Waals surface area contributed by atoms with Gasteiger partial charge in [0.2, 0.25) is 5.91 Å². The van der Waals surface area contributed by atoms with Crippen LogP contribution in [-0.4, -0.2) is 40.2 Å². The summed E-state index contributed by atoms with van der Waals surface area (Å²) in [5.41, 5.74) is 1.69. The molecule has 0 radical (unpaired) electrons. The molecule has 0 saturated carbocycles. The molecule has 0 spiro atoms. The van der Waals surface area contributed by atoms with Crippen LogP contribution in [0.3, 0.4) is 0 Å². The third-order valence-electron chi connectivity index (χ3n) is 5.62. The highest BCUT2D eigenvalue weighted by molar-refractivity contribution is 6.45. The van der Waals surface area contributed by atoms with Crippen molar-refractivity contribution in [1.29, 1.82) is 0 Å². The first kappa shape index (κ1) is 20.8. The largest absolute Gasteiger partial charge is 0.345 e. The number of halogens is 1. The van der Waals surface area contributed by atoms with Gasteiger partial charge in [0.05, 0.1) is 5.56 Å². The van der Waals surface area contributed by atoms with Crippen molar-refractivity contribution >= 4 is 28.5 Å². The van der Waals surface area contributed by atoms with Crippen molar-refractivity contribution in [3.8, 4) is 0 Å². The van der Waals surface area contributed by atoms with Gasteiger partial charge in [0.15, 0.2) is 0 Å². The Kier molecular flexibility index (Phi) is 6.11. The van der Waals surface area contributed by atoms with E-state index in [0.717, 1.165) is 37.9 Å². The summed E-state index contributed by atoms with van der Waals surface area (Å²) in [5.74, 6) is -1.75. The molecule has 1 aliphatic rings. The summed E-state index contributed by atoms with van der Waals surface area (Å²) in [6.07, 6.45) is 4.75. The molecule has 1 saturated heterocycles. The van der Waals surface area contributed by atoms with Crippen LogP contribution in [0.5, 0.6) is 0 Å². The number of amides is 2. The quantitative estimate of drug-likeness (QED) is 0.490. The van der Waals surface area contributed by atoms with Gasteiger partial charge in [-0.3, -0.25) is 14.4 Å². The van der Waals surface area contributed by atoms with Gasteiger partial charge in [0.25, 0.3) is 11.7 Å². The fraction of sp³-hybridized carbons (Fsp3) is 0.292. The Morgan fingerprint density at radius 3 is 2.39 bits per heavy atom. The van der Waals surface area contributed by atoms with Gasteiger partial charge in [0, 0.05) is 36.7 Å². The van der Waals surface area contributed by atoms with Crippen molar-refractivity contribution in [3.05, 3.63) is 71.7 Å². The predicted octanol–water partition coefficient (Wildman–Crippen LogP) is 3.29. The molecule has 31 heavy (non-hydrogen) atoms. The van der Waals surface area contributed by atoms with Gasteiger partial charge < -0.3 is 14.8 Å². The van der Waals surface area contributed by atoms with E-state index >= 15 is 0 Å². The lowest BCUT2D eigenvalue weighted by Crippen LogP contribution is -2.37.